The van der Waals surface area contributed by atoms with Crippen LogP contribution in [0.3, 0.4) is 0 Å². The molecule has 7 heteroatoms. The fourth-order valence-electron chi connectivity index (χ4n) is 4.38. The molecule has 0 aliphatic carbocycles. The number of hydrogen-bond donors (Lipinski definition) is 1. The fraction of sp³-hybridized carbons (Fsp3) is 0.536. The molecule has 0 spiro atoms. The molecule has 2 rings (SSSR count). The van der Waals surface area contributed by atoms with Gasteiger partial charge in [0.2, 0.25) is 11.8 Å². The molecule has 1 fully saturated rings. The summed E-state index contributed by atoms with van der Waals surface area (Å²) in [7, 11) is 0. The Morgan fingerprint density at radius 2 is 1.94 bits per heavy atom. The normalized spacial score (nSPS) is 15.9. The molecule has 0 unspecified atom stereocenters. The quantitative estimate of drug-likeness (QED) is 0.219. The number of benzene rings is 1. The van der Waals surface area contributed by atoms with Crippen molar-refractivity contribution in [2.45, 2.75) is 64.0 Å². The van der Waals surface area contributed by atoms with Crippen LogP contribution in [0, 0.1) is 5.92 Å². The monoisotopic (exact) mass is 484 g/mol. The molecule has 2 atom stereocenters. The second-order valence-corrected chi connectivity index (χ2v) is 9.00. The number of aliphatic hydroxyl groups excluding tert-OH is 1. The Balaban J connectivity index is 1.96. The molecule has 1 saturated heterocycles. The Kier molecular flexibility index (Phi) is 12.8. The number of esters is 1. The van der Waals surface area contributed by atoms with E-state index in [0.717, 1.165) is 37.7 Å². The van der Waals surface area contributed by atoms with Crippen molar-refractivity contribution in [2.24, 2.45) is 5.92 Å². The Bertz CT molecular complexity index is 826. The number of allylic oxidation sites excluding steroid dienone is 2. The first-order valence-electron chi connectivity index (χ1n) is 12.6. The van der Waals surface area contributed by atoms with E-state index in [-0.39, 0.29) is 50.0 Å². The van der Waals surface area contributed by atoms with Gasteiger partial charge in [-0.25, -0.2) is 0 Å². The predicted molar refractivity (Wildman–Crippen MR) is 136 cm³/mol. The Labute approximate surface area is 209 Å². The number of carbonyl (C=O) groups excluding carboxylic acids is 3. The van der Waals surface area contributed by atoms with Gasteiger partial charge in [0, 0.05) is 32.5 Å². The van der Waals surface area contributed by atoms with Crippen molar-refractivity contribution in [3.05, 3.63) is 61.2 Å². The summed E-state index contributed by atoms with van der Waals surface area (Å²) >= 11 is 0. The van der Waals surface area contributed by atoms with Crippen molar-refractivity contribution >= 4 is 17.8 Å². The van der Waals surface area contributed by atoms with Crippen LogP contribution in [-0.4, -0.2) is 65.0 Å². The highest BCUT2D eigenvalue weighted by atomic mass is 16.5. The summed E-state index contributed by atoms with van der Waals surface area (Å²) in [6.45, 7) is 8.67. The minimum Gasteiger partial charge on any atom is -0.463 e. The maximum atomic E-state index is 13.4. The number of carbonyl (C=O) groups is 3. The van der Waals surface area contributed by atoms with E-state index in [1.54, 1.807) is 15.9 Å². The molecule has 192 valence electrons. The summed E-state index contributed by atoms with van der Waals surface area (Å²) in [5.41, 5.74) is 0.965. The lowest BCUT2D eigenvalue weighted by Crippen LogP contribution is -2.44. The van der Waals surface area contributed by atoms with Gasteiger partial charge in [-0.1, -0.05) is 42.5 Å². The van der Waals surface area contributed by atoms with Gasteiger partial charge in [0.25, 0.3) is 0 Å². The third-order valence-corrected chi connectivity index (χ3v) is 6.30. The highest BCUT2D eigenvalue weighted by Crippen LogP contribution is 2.24. The van der Waals surface area contributed by atoms with Crippen molar-refractivity contribution in [1.29, 1.82) is 0 Å². The van der Waals surface area contributed by atoms with E-state index in [0.29, 0.717) is 25.9 Å². The lowest BCUT2D eigenvalue weighted by molar-refractivity contribution is -0.149. The Morgan fingerprint density at radius 3 is 2.63 bits per heavy atom. The molecular weight excluding hydrogens is 444 g/mol. The van der Waals surface area contributed by atoms with Crippen LogP contribution in [0.25, 0.3) is 0 Å². The predicted octanol–water partition coefficient (Wildman–Crippen LogP) is 3.87. The molecule has 1 aromatic rings. The minimum absolute atomic E-state index is 0.0456. The minimum atomic E-state index is -0.535. The van der Waals surface area contributed by atoms with E-state index in [2.05, 4.69) is 13.2 Å². The smallest absolute Gasteiger partial charge is 0.305 e. The summed E-state index contributed by atoms with van der Waals surface area (Å²) in [6, 6.07) is 9.41. The Morgan fingerprint density at radius 1 is 1.17 bits per heavy atom. The molecule has 0 radical (unpaired) electrons. The lowest BCUT2D eigenvalue weighted by Gasteiger charge is -2.29. The SMILES string of the molecule is C=CCCCCC(=O)OC[C@@H]1CCCN1C(=O)[C@H](CC=C)CC(=O)N(CCO)Cc1ccccc1. The third kappa shape index (κ3) is 9.68. The molecule has 0 aromatic heterocycles. The zero-order chi connectivity index (χ0) is 25.5. The molecule has 1 aliphatic rings. The van der Waals surface area contributed by atoms with Gasteiger partial charge in [-0.15, -0.1) is 13.2 Å². The Hall–Kier alpha value is -2.93. The second-order valence-electron chi connectivity index (χ2n) is 9.00. The van der Waals surface area contributed by atoms with Crippen molar-refractivity contribution in [2.75, 3.05) is 26.3 Å². The number of hydrogen-bond acceptors (Lipinski definition) is 5. The van der Waals surface area contributed by atoms with Crippen LogP contribution in [-0.2, 0) is 25.7 Å². The van der Waals surface area contributed by atoms with Gasteiger partial charge in [0.15, 0.2) is 0 Å². The molecule has 1 N–H and O–H groups in total. The van der Waals surface area contributed by atoms with E-state index in [1.807, 2.05) is 36.4 Å². The summed E-state index contributed by atoms with van der Waals surface area (Å²) < 4.78 is 5.46. The van der Waals surface area contributed by atoms with Crippen molar-refractivity contribution < 1.29 is 24.2 Å². The molecule has 1 aromatic carbocycles. The lowest BCUT2D eigenvalue weighted by atomic mass is 9.98. The second kappa shape index (κ2) is 15.9. The van der Waals surface area contributed by atoms with Gasteiger partial charge in [-0.2, -0.15) is 0 Å². The van der Waals surface area contributed by atoms with E-state index in [1.165, 1.54) is 0 Å². The number of ether oxygens (including phenoxy) is 1. The number of amides is 2. The topological polar surface area (TPSA) is 87.2 Å². The van der Waals surface area contributed by atoms with E-state index >= 15 is 0 Å². The molecule has 0 bridgehead atoms. The van der Waals surface area contributed by atoms with Crippen molar-refractivity contribution in [3.8, 4) is 0 Å². The van der Waals surface area contributed by atoms with Gasteiger partial charge in [-0.3, -0.25) is 14.4 Å². The average Bonchev–Trinajstić information content (AvgIpc) is 3.33. The van der Waals surface area contributed by atoms with E-state index in [4.69, 9.17) is 4.74 Å². The molecule has 1 aliphatic heterocycles. The fourth-order valence-corrected chi connectivity index (χ4v) is 4.38. The standard InChI is InChI=1S/C28H40N2O5/c1-3-5-6-10-16-27(33)35-22-25-15-11-17-30(25)28(34)24(12-4-2)20-26(32)29(18-19-31)21-23-13-8-7-9-14-23/h3-4,7-9,13-14,24-25,31H,1-2,5-6,10-12,15-22H2/t24-,25+/m1/s1. The number of unbranched alkanes of at least 4 members (excludes halogenated alkanes) is 2. The summed E-state index contributed by atoms with van der Waals surface area (Å²) in [6.07, 6.45) is 8.45. The van der Waals surface area contributed by atoms with E-state index < -0.39 is 5.92 Å². The first-order chi connectivity index (χ1) is 17.0. The summed E-state index contributed by atoms with van der Waals surface area (Å²) in [5.74, 6) is -1.06. The molecule has 7 nitrogen and oxygen atoms in total. The summed E-state index contributed by atoms with van der Waals surface area (Å²) in [4.78, 5) is 42.0. The van der Waals surface area contributed by atoms with Crippen LogP contribution >= 0.6 is 0 Å². The first-order valence-corrected chi connectivity index (χ1v) is 12.6. The highest BCUT2D eigenvalue weighted by Gasteiger charge is 2.35. The zero-order valence-electron chi connectivity index (χ0n) is 20.8. The molecule has 1 heterocycles. The average molecular weight is 485 g/mol. The zero-order valence-corrected chi connectivity index (χ0v) is 20.8. The van der Waals surface area contributed by atoms with Gasteiger partial charge < -0.3 is 19.6 Å². The van der Waals surface area contributed by atoms with Crippen LogP contribution in [0.1, 0.15) is 56.9 Å². The number of rotatable bonds is 16. The van der Waals surface area contributed by atoms with Gasteiger partial charge in [-0.05, 0) is 44.1 Å². The van der Waals surface area contributed by atoms with Crippen LogP contribution < -0.4 is 0 Å². The number of aliphatic hydroxyl groups is 1. The molecule has 0 saturated carbocycles. The van der Waals surface area contributed by atoms with Gasteiger partial charge in [0.05, 0.1) is 18.6 Å². The molecule has 2 amide bonds. The van der Waals surface area contributed by atoms with Crippen molar-refractivity contribution in [3.63, 3.8) is 0 Å². The van der Waals surface area contributed by atoms with Crippen LogP contribution in [0.2, 0.25) is 0 Å². The van der Waals surface area contributed by atoms with Crippen molar-refractivity contribution in [1.82, 2.24) is 9.80 Å². The van der Waals surface area contributed by atoms with Gasteiger partial charge in [0.1, 0.15) is 6.61 Å². The number of nitrogens with zero attached hydrogens (tertiary/aromatic N) is 2. The highest BCUT2D eigenvalue weighted by molar-refractivity contribution is 5.86. The molecule has 35 heavy (non-hydrogen) atoms. The van der Waals surface area contributed by atoms with Crippen LogP contribution in [0.15, 0.2) is 55.6 Å². The summed E-state index contributed by atoms with van der Waals surface area (Å²) in [5, 5.41) is 9.47. The van der Waals surface area contributed by atoms with Crippen LogP contribution in [0.4, 0.5) is 0 Å². The number of likely N-dealkylation sites (tertiary alicyclic amines) is 1. The third-order valence-electron chi connectivity index (χ3n) is 6.30. The van der Waals surface area contributed by atoms with Gasteiger partial charge >= 0.3 is 5.97 Å². The first kappa shape index (κ1) is 28.3. The maximum Gasteiger partial charge on any atom is 0.305 e. The maximum absolute atomic E-state index is 13.4. The largest absolute Gasteiger partial charge is 0.463 e. The molecular formula is C28H40N2O5. The van der Waals surface area contributed by atoms with Crippen LogP contribution in [0.5, 0.6) is 0 Å². The van der Waals surface area contributed by atoms with E-state index in [9.17, 15) is 19.5 Å².